The van der Waals surface area contributed by atoms with Crippen LogP contribution in [0.4, 0.5) is 21.0 Å². The summed E-state index contributed by atoms with van der Waals surface area (Å²) in [7, 11) is 0. The van der Waals surface area contributed by atoms with E-state index in [1.807, 2.05) is 0 Å². The van der Waals surface area contributed by atoms with E-state index in [1.165, 1.54) is 53.4 Å². The summed E-state index contributed by atoms with van der Waals surface area (Å²) < 4.78 is 10.5. The number of hydrogen-bond donors (Lipinski definition) is 1. The average Bonchev–Trinajstić information content (AvgIpc) is 3.40. The molecule has 0 aromatic heterocycles. The third-order valence-electron chi connectivity index (χ3n) is 7.10. The van der Waals surface area contributed by atoms with Crippen molar-refractivity contribution in [2.75, 3.05) is 32.7 Å². The molecule has 2 aromatic carbocycles. The van der Waals surface area contributed by atoms with E-state index < -0.39 is 28.1 Å². The molecule has 15 nitrogen and oxygen atoms in total. The van der Waals surface area contributed by atoms with E-state index in [9.17, 15) is 34.6 Å². The van der Waals surface area contributed by atoms with E-state index in [2.05, 4.69) is 17.6 Å². The van der Waals surface area contributed by atoms with Gasteiger partial charge in [-0.3, -0.25) is 25.0 Å². The first-order valence-corrected chi connectivity index (χ1v) is 13.9. The molecule has 16 heteroatoms. The zero-order chi connectivity index (χ0) is 31.1. The number of aliphatic imine (C=N–C) groups is 1. The van der Waals surface area contributed by atoms with Crippen LogP contribution in [0, 0.1) is 20.2 Å². The maximum absolute atomic E-state index is 13.4. The number of carbonyl (C=O) groups excluding carboxylic acids is 3. The summed E-state index contributed by atoms with van der Waals surface area (Å²) in [6.45, 7) is 2.98. The lowest BCUT2D eigenvalue weighted by Crippen LogP contribution is -2.55. The van der Waals surface area contributed by atoms with Gasteiger partial charge < -0.3 is 24.2 Å². The summed E-state index contributed by atoms with van der Waals surface area (Å²) in [4.78, 5) is 67.8. The minimum Gasteiger partial charge on any atom is -0.445 e. The molecule has 3 amide bonds. The maximum atomic E-state index is 13.4. The SMILES string of the molecule is CC(=NC(=O)OCc1ccc([N+](=O)[O-])cc1)N1C[C@@H](S)C[C@H]1C(=O)N1CCN(C(=O)OCc2ccc([N+](=O)[O-])cc2)CC1. The lowest BCUT2D eigenvalue weighted by Gasteiger charge is -2.37. The number of nitro benzene ring substituents is 2. The van der Waals surface area contributed by atoms with Gasteiger partial charge >= 0.3 is 12.2 Å². The molecule has 228 valence electrons. The van der Waals surface area contributed by atoms with Crippen molar-refractivity contribution >= 4 is 47.9 Å². The molecule has 43 heavy (non-hydrogen) atoms. The Morgan fingerprint density at radius 1 is 0.860 bits per heavy atom. The molecule has 2 fully saturated rings. The molecule has 0 radical (unpaired) electrons. The Morgan fingerprint density at radius 3 is 1.86 bits per heavy atom. The fraction of sp³-hybridized carbons (Fsp3) is 0.407. The Hall–Kier alpha value is -4.73. The fourth-order valence-electron chi connectivity index (χ4n) is 4.76. The molecule has 0 bridgehead atoms. The Labute approximate surface area is 251 Å². The zero-order valence-electron chi connectivity index (χ0n) is 23.2. The van der Waals surface area contributed by atoms with Gasteiger partial charge in [-0.15, -0.1) is 0 Å². The number of thiol groups is 1. The standard InChI is InChI=1S/C27H30N6O9S/c1-18(28-26(35)41-16-19-2-6-21(7-3-19)32(37)38)31-15-23(43)14-24(31)25(34)29-10-12-30(13-11-29)27(36)42-17-20-4-8-22(9-5-20)33(39)40/h2-9,23-24,43H,10-17H2,1H3/t23-,24-/m0/s1. The van der Waals surface area contributed by atoms with Crippen molar-refractivity contribution in [1.82, 2.24) is 14.7 Å². The Kier molecular flexibility index (Phi) is 10.1. The minimum atomic E-state index is -0.856. The van der Waals surface area contributed by atoms with Crippen LogP contribution in [0.15, 0.2) is 53.5 Å². The highest BCUT2D eigenvalue weighted by Crippen LogP contribution is 2.25. The van der Waals surface area contributed by atoms with Gasteiger partial charge in [-0.2, -0.15) is 17.6 Å². The van der Waals surface area contributed by atoms with Crippen LogP contribution < -0.4 is 0 Å². The molecule has 0 aliphatic carbocycles. The summed E-state index contributed by atoms with van der Waals surface area (Å²) in [6, 6.07) is 10.7. The van der Waals surface area contributed by atoms with Crippen LogP contribution in [0.25, 0.3) is 0 Å². The van der Waals surface area contributed by atoms with E-state index in [-0.39, 0.29) is 48.8 Å². The van der Waals surface area contributed by atoms with Gasteiger partial charge in [-0.05, 0) is 48.7 Å². The van der Waals surface area contributed by atoms with E-state index >= 15 is 0 Å². The monoisotopic (exact) mass is 614 g/mol. The highest BCUT2D eigenvalue weighted by molar-refractivity contribution is 7.81. The first kappa shape index (κ1) is 31.2. The van der Waals surface area contributed by atoms with Crippen molar-refractivity contribution < 1.29 is 33.7 Å². The number of amides is 3. The van der Waals surface area contributed by atoms with Crippen LogP contribution in [-0.4, -0.2) is 92.5 Å². The minimum absolute atomic E-state index is 0.0364. The predicted molar refractivity (Wildman–Crippen MR) is 156 cm³/mol. The molecule has 2 heterocycles. The second-order valence-corrected chi connectivity index (χ2v) is 10.7. The lowest BCUT2D eigenvalue weighted by atomic mass is 10.1. The number of piperazine rings is 1. The third-order valence-corrected chi connectivity index (χ3v) is 7.48. The fourth-order valence-corrected chi connectivity index (χ4v) is 5.14. The van der Waals surface area contributed by atoms with Crippen molar-refractivity contribution in [2.45, 2.75) is 37.9 Å². The second-order valence-electron chi connectivity index (χ2n) is 9.99. The van der Waals surface area contributed by atoms with E-state index in [0.717, 1.165) is 0 Å². The van der Waals surface area contributed by atoms with E-state index in [4.69, 9.17) is 9.47 Å². The Morgan fingerprint density at radius 2 is 1.35 bits per heavy atom. The molecule has 0 saturated carbocycles. The van der Waals surface area contributed by atoms with Crippen molar-refractivity contribution in [2.24, 2.45) is 4.99 Å². The van der Waals surface area contributed by atoms with E-state index in [1.54, 1.807) is 16.7 Å². The van der Waals surface area contributed by atoms with E-state index in [0.29, 0.717) is 43.0 Å². The van der Waals surface area contributed by atoms with Gasteiger partial charge in [0.15, 0.2) is 0 Å². The third kappa shape index (κ3) is 8.18. The van der Waals surface area contributed by atoms with Gasteiger partial charge in [0, 0.05) is 62.2 Å². The normalized spacial score (nSPS) is 18.7. The number of hydrogen-bond acceptors (Lipinski definition) is 10. The number of benzene rings is 2. The molecule has 2 saturated heterocycles. The molecular weight excluding hydrogens is 584 g/mol. The molecule has 2 aliphatic rings. The number of carbonyl (C=O) groups is 3. The Balaban J connectivity index is 1.26. The van der Waals surface area contributed by atoms with Crippen LogP contribution >= 0.6 is 12.6 Å². The number of nitrogens with zero attached hydrogens (tertiary/aromatic N) is 6. The summed E-state index contributed by atoms with van der Waals surface area (Å²) in [6.07, 6.45) is -0.950. The topological polar surface area (TPSA) is 178 Å². The van der Waals surface area contributed by atoms with Crippen LogP contribution in [0.2, 0.25) is 0 Å². The smallest absolute Gasteiger partial charge is 0.435 e. The zero-order valence-corrected chi connectivity index (χ0v) is 24.1. The van der Waals surface area contributed by atoms with Gasteiger partial charge in [-0.25, -0.2) is 9.59 Å². The van der Waals surface area contributed by atoms with Gasteiger partial charge in [0.05, 0.1) is 9.85 Å². The van der Waals surface area contributed by atoms with Crippen molar-refractivity contribution in [3.8, 4) is 0 Å². The predicted octanol–water partition coefficient (Wildman–Crippen LogP) is 3.41. The van der Waals surface area contributed by atoms with Gasteiger partial charge in [0.2, 0.25) is 5.91 Å². The summed E-state index contributed by atoms with van der Waals surface area (Å²) in [5.74, 6) is 0.140. The van der Waals surface area contributed by atoms with Gasteiger partial charge in [0.1, 0.15) is 25.1 Å². The van der Waals surface area contributed by atoms with Crippen LogP contribution in [0.1, 0.15) is 24.5 Å². The van der Waals surface area contributed by atoms with Gasteiger partial charge in [0.25, 0.3) is 11.4 Å². The molecule has 0 unspecified atom stereocenters. The molecular formula is C27H30N6O9S. The molecule has 2 atom stereocenters. The number of rotatable bonds is 7. The number of ether oxygens (including phenoxy) is 2. The maximum Gasteiger partial charge on any atom is 0.435 e. The first-order valence-electron chi connectivity index (χ1n) is 13.4. The number of nitro groups is 2. The van der Waals surface area contributed by atoms with Crippen molar-refractivity contribution in [1.29, 1.82) is 0 Å². The summed E-state index contributed by atoms with van der Waals surface area (Å²) >= 11 is 4.54. The van der Waals surface area contributed by atoms with Crippen LogP contribution in [0.5, 0.6) is 0 Å². The van der Waals surface area contributed by atoms with Crippen LogP contribution in [-0.2, 0) is 27.5 Å². The largest absolute Gasteiger partial charge is 0.445 e. The summed E-state index contributed by atoms with van der Waals surface area (Å²) in [5, 5.41) is 21.5. The van der Waals surface area contributed by atoms with Crippen molar-refractivity contribution in [3.05, 3.63) is 79.9 Å². The van der Waals surface area contributed by atoms with Gasteiger partial charge in [-0.1, -0.05) is 0 Å². The second kappa shape index (κ2) is 14.0. The molecule has 0 spiro atoms. The number of amidine groups is 1. The first-order chi connectivity index (χ1) is 20.5. The summed E-state index contributed by atoms with van der Waals surface area (Å²) in [5.41, 5.74) is 1.05. The lowest BCUT2D eigenvalue weighted by molar-refractivity contribution is -0.385. The molecule has 0 N–H and O–H groups in total. The molecule has 4 rings (SSSR count). The quantitative estimate of drug-likeness (QED) is 0.160. The number of non-ortho nitro benzene ring substituents is 2. The average molecular weight is 615 g/mol. The Bertz CT molecular complexity index is 1390. The van der Waals surface area contributed by atoms with Crippen LogP contribution in [0.3, 0.4) is 0 Å². The highest BCUT2D eigenvalue weighted by Gasteiger charge is 2.39. The molecule has 2 aliphatic heterocycles. The van der Waals surface area contributed by atoms with Crippen molar-refractivity contribution in [3.63, 3.8) is 0 Å². The molecule has 2 aromatic rings. The number of likely N-dealkylation sites (tertiary alicyclic amines) is 1. The highest BCUT2D eigenvalue weighted by atomic mass is 32.1.